The van der Waals surface area contributed by atoms with Gasteiger partial charge >= 0.3 is 6.09 Å². The minimum atomic E-state index is -0.885. The molecule has 0 unspecified atom stereocenters. The van der Waals surface area contributed by atoms with Crippen LogP contribution in [0.25, 0.3) is 0 Å². The third-order valence-electron chi connectivity index (χ3n) is 4.95. The number of carbonyl (C=O) groups is 2. The molecule has 8 nitrogen and oxygen atoms in total. The minimum absolute atomic E-state index is 0.0682. The summed E-state index contributed by atoms with van der Waals surface area (Å²) in [6.45, 7) is 6.96. The number of morpholine rings is 1. The third kappa shape index (κ3) is 4.83. The number of likely N-dealkylation sites (tertiary alicyclic amines) is 1. The van der Waals surface area contributed by atoms with Crippen LogP contribution in [0, 0.1) is 0 Å². The van der Waals surface area contributed by atoms with Crippen molar-refractivity contribution >= 4 is 12.0 Å². The monoisotopic (exact) mass is 357 g/mol. The number of ether oxygens (including phenoxy) is 2. The summed E-state index contributed by atoms with van der Waals surface area (Å²) in [5.41, 5.74) is -1.74. The molecule has 0 aromatic carbocycles. The molecule has 0 aromatic heterocycles. The largest absolute Gasteiger partial charge is 0.450 e. The van der Waals surface area contributed by atoms with E-state index in [-0.39, 0.29) is 12.0 Å². The van der Waals surface area contributed by atoms with Crippen LogP contribution in [-0.2, 0) is 14.3 Å². The Morgan fingerprint density at radius 3 is 2.44 bits per heavy atom. The Morgan fingerprint density at radius 1 is 1.24 bits per heavy atom. The van der Waals surface area contributed by atoms with Crippen LogP contribution in [0.15, 0.2) is 0 Å². The predicted molar refractivity (Wildman–Crippen MR) is 92.3 cm³/mol. The van der Waals surface area contributed by atoms with Gasteiger partial charge in [0.1, 0.15) is 0 Å². The summed E-state index contributed by atoms with van der Waals surface area (Å²) >= 11 is 0. The van der Waals surface area contributed by atoms with Gasteiger partial charge in [0.15, 0.2) is 5.60 Å². The lowest BCUT2D eigenvalue weighted by atomic mass is 9.90. The summed E-state index contributed by atoms with van der Waals surface area (Å²) in [5, 5.41) is 10.9. The number of amides is 2. The molecule has 0 radical (unpaired) electrons. The topological polar surface area (TPSA) is 82.5 Å². The number of rotatable bonds is 4. The molecule has 2 saturated heterocycles. The average Bonchev–Trinajstić information content (AvgIpc) is 2.54. The van der Waals surface area contributed by atoms with Gasteiger partial charge in [0.2, 0.25) is 0 Å². The molecule has 1 N–H and O–H groups in total. The Bertz CT molecular complexity index is 491. The third-order valence-corrected chi connectivity index (χ3v) is 4.95. The van der Waals surface area contributed by atoms with Gasteiger partial charge in [-0.15, -0.1) is 0 Å². The van der Waals surface area contributed by atoms with Crippen molar-refractivity contribution in [3.8, 4) is 0 Å². The van der Waals surface area contributed by atoms with E-state index in [4.69, 9.17) is 9.47 Å². The van der Waals surface area contributed by atoms with Gasteiger partial charge in [0.05, 0.1) is 18.8 Å². The Morgan fingerprint density at radius 2 is 1.88 bits per heavy atom. The van der Waals surface area contributed by atoms with E-state index >= 15 is 0 Å². The van der Waals surface area contributed by atoms with Crippen molar-refractivity contribution < 1.29 is 24.2 Å². The lowest BCUT2D eigenvalue weighted by Gasteiger charge is -2.45. The highest BCUT2D eigenvalue weighted by Gasteiger charge is 2.43. The highest BCUT2D eigenvalue weighted by atomic mass is 16.6. The van der Waals surface area contributed by atoms with Gasteiger partial charge in [-0.05, 0) is 26.7 Å². The van der Waals surface area contributed by atoms with Crippen LogP contribution in [0.4, 0.5) is 4.79 Å². The quantitative estimate of drug-likeness (QED) is 0.771. The van der Waals surface area contributed by atoms with E-state index in [1.54, 1.807) is 32.8 Å². The van der Waals surface area contributed by atoms with Crippen LogP contribution in [0.5, 0.6) is 0 Å². The second kappa shape index (κ2) is 7.88. The molecule has 0 spiro atoms. The van der Waals surface area contributed by atoms with Crippen LogP contribution >= 0.6 is 0 Å². The fraction of sp³-hybridized carbons (Fsp3) is 0.882. The van der Waals surface area contributed by atoms with E-state index in [1.807, 2.05) is 0 Å². The molecule has 2 fully saturated rings. The van der Waals surface area contributed by atoms with E-state index in [2.05, 4.69) is 4.90 Å². The zero-order valence-electron chi connectivity index (χ0n) is 15.8. The molecule has 0 saturated carbocycles. The van der Waals surface area contributed by atoms with E-state index < -0.39 is 11.2 Å². The number of carbonyl (C=O) groups excluding carboxylic acids is 2. The normalized spacial score (nSPS) is 27.0. The maximum atomic E-state index is 12.4. The molecule has 0 aliphatic carbocycles. The summed E-state index contributed by atoms with van der Waals surface area (Å²) in [7, 11) is 3.43. The maximum Gasteiger partial charge on any atom is 0.409 e. The second-order valence-electron chi connectivity index (χ2n) is 7.40. The summed E-state index contributed by atoms with van der Waals surface area (Å²) < 4.78 is 10.7. The van der Waals surface area contributed by atoms with E-state index in [0.717, 1.165) is 0 Å². The molecule has 25 heavy (non-hydrogen) atoms. The van der Waals surface area contributed by atoms with Crippen molar-refractivity contribution in [2.75, 3.05) is 60.0 Å². The van der Waals surface area contributed by atoms with Gasteiger partial charge in [0.25, 0.3) is 5.91 Å². The molecule has 1 atom stereocenters. The first-order chi connectivity index (χ1) is 11.7. The molecular formula is C17H31N3O5. The first-order valence-corrected chi connectivity index (χ1v) is 8.91. The molecule has 2 aliphatic heterocycles. The van der Waals surface area contributed by atoms with Crippen LogP contribution in [0.2, 0.25) is 0 Å². The first kappa shape index (κ1) is 19.9. The number of piperidine rings is 1. The molecule has 2 aliphatic rings. The lowest BCUT2D eigenvalue weighted by molar-refractivity contribution is -0.168. The molecule has 0 aromatic rings. The van der Waals surface area contributed by atoms with Gasteiger partial charge in [0, 0.05) is 46.8 Å². The highest BCUT2D eigenvalue weighted by molar-refractivity contribution is 5.84. The predicted octanol–water partition coefficient (Wildman–Crippen LogP) is 0.149. The molecule has 2 rings (SSSR count). The molecule has 144 valence electrons. The Hall–Kier alpha value is -1.38. The molecule has 0 bridgehead atoms. The van der Waals surface area contributed by atoms with Crippen molar-refractivity contribution in [1.82, 2.24) is 14.7 Å². The SMILES string of the molecule is CCOC(=O)N1CCC(O)(CN2CCO[C@](C)(C(=O)N(C)C)C2)CC1. The second-order valence-corrected chi connectivity index (χ2v) is 7.40. The number of likely N-dealkylation sites (N-methyl/N-ethyl adjacent to an activating group) is 1. The molecule has 2 amide bonds. The number of hydrogen-bond acceptors (Lipinski definition) is 6. The molecular weight excluding hydrogens is 326 g/mol. The van der Waals surface area contributed by atoms with Crippen LogP contribution in [-0.4, -0.2) is 103 Å². The van der Waals surface area contributed by atoms with E-state index in [1.165, 1.54) is 4.90 Å². The average molecular weight is 357 g/mol. The fourth-order valence-electron chi connectivity index (χ4n) is 3.58. The van der Waals surface area contributed by atoms with E-state index in [0.29, 0.717) is 58.8 Å². The van der Waals surface area contributed by atoms with Gasteiger partial charge < -0.3 is 24.4 Å². The van der Waals surface area contributed by atoms with Gasteiger partial charge in [-0.1, -0.05) is 0 Å². The van der Waals surface area contributed by atoms with Crippen molar-refractivity contribution in [3.05, 3.63) is 0 Å². The Labute approximate surface area is 149 Å². The van der Waals surface area contributed by atoms with Gasteiger partial charge in [-0.2, -0.15) is 0 Å². The van der Waals surface area contributed by atoms with Crippen molar-refractivity contribution in [3.63, 3.8) is 0 Å². The Kier molecular flexibility index (Phi) is 6.29. The number of nitrogens with zero attached hydrogens (tertiary/aromatic N) is 3. The summed E-state index contributed by atoms with van der Waals surface area (Å²) in [6.07, 6.45) is 0.684. The van der Waals surface area contributed by atoms with Crippen molar-refractivity contribution in [2.45, 2.75) is 37.9 Å². The van der Waals surface area contributed by atoms with E-state index in [9.17, 15) is 14.7 Å². The summed E-state index contributed by atoms with van der Waals surface area (Å²) in [6, 6.07) is 0. The maximum absolute atomic E-state index is 12.4. The minimum Gasteiger partial charge on any atom is -0.450 e. The fourth-order valence-corrected chi connectivity index (χ4v) is 3.58. The zero-order chi connectivity index (χ0) is 18.7. The first-order valence-electron chi connectivity index (χ1n) is 8.91. The standard InChI is InChI=1S/C17H31N3O5/c1-5-24-15(22)20-8-6-17(23,7-9-20)13-19-10-11-25-16(2,12-19)14(21)18(3)4/h23H,5-13H2,1-4H3/t16-/m0/s1. The summed E-state index contributed by atoms with van der Waals surface area (Å²) in [5.74, 6) is -0.0682. The smallest absolute Gasteiger partial charge is 0.409 e. The van der Waals surface area contributed by atoms with Crippen LogP contribution < -0.4 is 0 Å². The number of aliphatic hydroxyl groups is 1. The molecule has 2 heterocycles. The van der Waals surface area contributed by atoms with Crippen molar-refractivity contribution in [2.24, 2.45) is 0 Å². The van der Waals surface area contributed by atoms with Gasteiger partial charge in [-0.3, -0.25) is 9.69 Å². The lowest BCUT2D eigenvalue weighted by Crippen LogP contribution is -2.61. The van der Waals surface area contributed by atoms with Crippen LogP contribution in [0.1, 0.15) is 26.7 Å². The number of hydrogen-bond donors (Lipinski definition) is 1. The molecule has 8 heteroatoms. The number of β-amino-alcohol motifs (C(OH)–C–C–N with tert-alkyl or cyclic N) is 1. The summed E-state index contributed by atoms with van der Waals surface area (Å²) in [4.78, 5) is 29.4. The Balaban J connectivity index is 1.91. The highest BCUT2D eigenvalue weighted by Crippen LogP contribution is 2.27. The van der Waals surface area contributed by atoms with Gasteiger partial charge in [-0.25, -0.2) is 4.79 Å². The van der Waals surface area contributed by atoms with Crippen molar-refractivity contribution in [1.29, 1.82) is 0 Å². The van der Waals surface area contributed by atoms with Crippen LogP contribution in [0.3, 0.4) is 0 Å². The zero-order valence-corrected chi connectivity index (χ0v) is 15.8.